The molecule has 0 aromatic heterocycles. The Kier molecular flexibility index (Phi) is 6.64. The van der Waals surface area contributed by atoms with Gasteiger partial charge in [-0.15, -0.1) is 0 Å². The maximum absolute atomic E-state index is 12.0. The van der Waals surface area contributed by atoms with E-state index in [2.05, 4.69) is 62.6 Å². The van der Waals surface area contributed by atoms with Gasteiger partial charge in [-0.05, 0) is 24.0 Å². The van der Waals surface area contributed by atoms with Crippen LogP contribution in [0.15, 0.2) is 60.7 Å². The SMILES string of the molecule is CC(=O)OC1C[N+](C)(C)CCCC1(c1ccccc1)c1ccccc1.[Br-]. The molecule has 2 aromatic carbocycles. The monoisotopic (exact) mass is 417 g/mol. The van der Waals surface area contributed by atoms with Gasteiger partial charge in [-0.3, -0.25) is 4.79 Å². The second-order valence-corrected chi connectivity index (χ2v) is 7.75. The number of ether oxygens (including phenoxy) is 1. The van der Waals surface area contributed by atoms with Gasteiger partial charge in [-0.1, -0.05) is 60.7 Å². The van der Waals surface area contributed by atoms with Crippen LogP contribution in [0, 0.1) is 0 Å². The molecule has 3 rings (SSSR count). The van der Waals surface area contributed by atoms with E-state index in [-0.39, 0.29) is 34.5 Å². The van der Waals surface area contributed by atoms with Crippen LogP contribution in [0.1, 0.15) is 30.9 Å². The third-order valence-electron chi connectivity index (χ3n) is 5.43. The topological polar surface area (TPSA) is 26.3 Å². The Hall–Kier alpha value is -1.65. The number of hydrogen-bond acceptors (Lipinski definition) is 2. The second-order valence-electron chi connectivity index (χ2n) is 7.75. The van der Waals surface area contributed by atoms with Gasteiger partial charge in [0.2, 0.25) is 0 Å². The van der Waals surface area contributed by atoms with Gasteiger partial charge >= 0.3 is 5.97 Å². The highest BCUT2D eigenvalue weighted by Crippen LogP contribution is 2.43. The minimum Gasteiger partial charge on any atom is -1.00 e. The first kappa shape index (κ1) is 20.7. The first-order valence-electron chi connectivity index (χ1n) is 9.04. The van der Waals surface area contributed by atoms with Crippen molar-refractivity contribution in [2.45, 2.75) is 31.3 Å². The van der Waals surface area contributed by atoms with Crippen LogP contribution in [0.4, 0.5) is 0 Å². The zero-order valence-corrected chi connectivity index (χ0v) is 17.4. The summed E-state index contributed by atoms with van der Waals surface area (Å²) in [6.45, 7) is 3.41. The molecule has 1 atom stereocenters. The predicted molar refractivity (Wildman–Crippen MR) is 100 cm³/mol. The van der Waals surface area contributed by atoms with E-state index in [1.807, 2.05) is 12.1 Å². The molecule has 0 saturated carbocycles. The van der Waals surface area contributed by atoms with Crippen molar-refractivity contribution in [3.05, 3.63) is 71.8 Å². The van der Waals surface area contributed by atoms with Crippen molar-refractivity contribution in [1.29, 1.82) is 0 Å². The third kappa shape index (κ3) is 4.18. The molecule has 1 unspecified atom stereocenters. The summed E-state index contributed by atoms with van der Waals surface area (Å²) in [4.78, 5) is 12.0. The molecule has 3 nitrogen and oxygen atoms in total. The number of carbonyl (C=O) groups excluding carboxylic acids is 1. The van der Waals surface area contributed by atoms with E-state index in [1.54, 1.807) is 0 Å². The van der Waals surface area contributed by atoms with E-state index in [9.17, 15) is 4.79 Å². The molecule has 26 heavy (non-hydrogen) atoms. The number of likely N-dealkylation sites (tertiary alicyclic amines) is 1. The van der Waals surface area contributed by atoms with Gasteiger partial charge in [0.05, 0.1) is 26.1 Å². The Morgan fingerprint density at radius 1 is 1.00 bits per heavy atom. The van der Waals surface area contributed by atoms with Crippen molar-refractivity contribution in [3.63, 3.8) is 0 Å². The van der Waals surface area contributed by atoms with Gasteiger partial charge in [0.15, 0.2) is 6.10 Å². The van der Waals surface area contributed by atoms with Crippen molar-refractivity contribution >= 4 is 5.97 Å². The third-order valence-corrected chi connectivity index (χ3v) is 5.43. The van der Waals surface area contributed by atoms with Crippen molar-refractivity contribution in [2.24, 2.45) is 0 Å². The number of benzene rings is 2. The highest BCUT2D eigenvalue weighted by atomic mass is 79.9. The summed E-state index contributed by atoms with van der Waals surface area (Å²) in [5.74, 6) is -0.205. The van der Waals surface area contributed by atoms with E-state index in [0.29, 0.717) is 0 Å². The van der Waals surface area contributed by atoms with Crippen LogP contribution in [0.2, 0.25) is 0 Å². The molecule has 0 spiro atoms. The number of esters is 1. The summed E-state index contributed by atoms with van der Waals surface area (Å²) >= 11 is 0. The highest BCUT2D eigenvalue weighted by molar-refractivity contribution is 5.66. The molecule has 1 aliphatic heterocycles. The molecule has 4 heteroatoms. The lowest BCUT2D eigenvalue weighted by Crippen LogP contribution is -3.00. The first-order chi connectivity index (χ1) is 11.9. The molecule has 2 aromatic rings. The zero-order valence-electron chi connectivity index (χ0n) is 15.8. The lowest BCUT2D eigenvalue weighted by atomic mass is 9.67. The minimum absolute atomic E-state index is 0. The summed E-state index contributed by atoms with van der Waals surface area (Å²) < 4.78 is 6.84. The molecule has 1 fully saturated rings. The molecular formula is C22H28BrNO2. The van der Waals surface area contributed by atoms with E-state index >= 15 is 0 Å². The highest BCUT2D eigenvalue weighted by Gasteiger charge is 2.48. The normalized spacial score (nSPS) is 21.1. The fourth-order valence-corrected chi connectivity index (χ4v) is 4.28. The molecule has 0 aliphatic carbocycles. The van der Waals surface area contributed by atoms with Gasteiger partial charge < -0.3 is 26.2 Å². The van der Waals surface area contributed by atoms with Crippen LogP contribution in [-0.2, 0) is 14.9 Å². The molecule has 0 bridgehead atoms. The van der Waals surface area contributed by atoms with E-state index < -0.39 is 0 Å². The average Bonchev–Trinajstić information content (AvgIpc) is 2.72. The van der Waals surface area contributed by atoms with Crippen molar-refractivity contribution < 1.29 is 31.0 Å². The van der Waals surface area contributed by atoms with Crippen LogP contribution >= 0.6 is 0 Å². The van der Waals surface area contributed by atoms with Gasteiger partial charge in [-0.25, -0.2) is 0 Å². The predicted octanol–water partition coefficient (Wildman–Crippen LogP) is 0.779. The standard InChI is InChI=1S/C22H28NO2.BrH/c1-18(24)25-21-17-23(2,3)16-10-15-22(21,19-11-6-4-7-12-19)20-13-8-5-9-14-20;/h4-9,11-14,21H,10,15-17H2,1-3H3;1H/q+1;/p-1. The van der Waals surface area contributed by atoms with Crippen LogP contribution in [0.5, 0.6) is 0 Å². The smallest absolute Gasteiger partial charge is 0.303 e. The van der Waals surface area contributed by atoms with E-state index in [1.165, 1.54) is 18.1 Å². The molecule has 0 radical (unpaired) electrons. The molecule has 140 valence electrons. The molecular weight excluding hydrogens is 390 g/mol. The number of rotatable bonds is 3. The number of halogens is 1. The van der Waals surface area contributed by atoms with Gasteiger partial charge in [0, 0.05) is 6.92 Å². The largest absolute Gasteiger partial charge is 1.00 e. The Morgan fingerprint density at radius 3 is 1.96 bits per heavy atom. The molecule has 1 aliphatic rings. The average molecular weight is 418 g/mol. The lowest BCUT2D eigenvalue weighted by molar-refractivity contribution is -0.892. The number of likely N-dealkylation sites (N-methyl/N-ethyl adjacent to an activating group) is 1. The van der Waals surface area contributed by atoms with Crippen molar-refractivity contribution in [1.82, 2.24) is 0 Å². The maximum atomic E-state index is 12.0. The van der Waals surface area contributed by atoms with E-state index in [0.717, 1.165) is 30.4 Å². The Labute approximate surface area is 167 Å². The number of carbonyl (C=O) groups is 1. The molecule has 0 N–H and O–H groups in total. The van der Waals surface area contributed by atoms with Crippen LogP contribution in [-0.4, -0.2) is 43.7 Å². The molecule has 0 amide bonds. The second kappa shape index (κ2) is 8.36. The summed E-state index contributed by atoms with van der Waals surface area (Å²) in [6, 6.07) is 21.1. The zero-order chi connectivity index (χ0) is 17.9. The first-order valence-corrected chi connectivity index (χ1v) is 9.04. The number of quaternary nitrogens is 1. The van der Waals surface area contributed by atoms with Crippen molar-refractivity contribution in [3.8, 4) is 0 Å². The van der Waals surface area contributed by atoms with Crippen LogP contribution in [0.3, 0.4) is 0 Å². The maximum Gasteiger partial charge on any atom is 0.303 e. The Bertz CT molecular complexity index is 676. The summed E-state index contributed by atoms with van der Waals surface area (Å²) in [5, 5.41) is 0. The van der Waals surface area contributed by atoms with Gasteiger partial charge in [-0.2, -0.15) is 0 Å². The van der Waals surface area contributed by atoms with Gasteiger partial charge in [0.1, 0.15) is 6.54 Å². The quantitative estimate of drug-likeness (QED) is 0.544. The summed E-state index contributed by atoms with van der Waals surface area (Å²) in [5.41, 5.74) is 2.16. The molecule has 1 saturated heterocycles. The molecule has 1 heterocycles. The van der Waals surface area contributed by atoms with Crippen LogP contribution < -0.4 is 17.0 Å². The van der Waals surface area contributed by atoms with E-state index in [4.69, 9.17) is 4.74 Å². The van der Waals surface area contributed by atoms with Crippen molar-refractivity contribution in [2.75, 3.05) is 27.2 Å². The Balaban J connectivity index is 0.00000243. The number of nitrogens with zero attached hydrogens (tertiary/aromatic N) is 1. The minimum atomic E-state index is -0.305. The Morgan fingerprint density at radius 2 is 1.50 bits per heavy atom. The fraction of sp³-hybridized carbons (Fsp3) is 0.409. The van der Waals surface area contributed by atoms with Crippen LogP contribution in [0.25, 0.3) is 0 Å². The summed E-state index contributed by atoms with van der Waals surface area (Å²) in [7, 11) is 4.45. The summed E-state index contributed by atoms with van der Waals surface area (Å²) in [6.07, 6.45) is 1.88. The lowest BCUT2D eigenvalue weighted by Gasteiger charge is -2.41. The fourth-order valence-electron chi connectivity index (χ4n) is 4.28. The van der Waals surface area contributed by atoms with Gasteiger partial charge in [0.25, 0.3) is 0 Å². The number of hydrogen-bond donors (Lipinski definition) is 0.